The number of hydrogen-bond acceptors (Lipinski definition) is 8. The Morgan fingerprint density at radius 3 is 1.76 bits per heavy atom. The average Bonchev–Trinajstić information content (AvgIpc) is 2.75. The normalized spacial score (nSPS) is 14.1. The van der Waals surface area contributed by atoms with Crippen LogP contribution in [-0.2, 0) is 35.2 Å². The number of carbonyl (C=O) groups excluding carboxylic acids is 3. The molecule has 34 heavy (non-hydrogen) atoms. The molecule has 4 unspecified atom stereocenters. The Balaban J connectivity index is 2.99. The van der Waals surface area contributed by atoms with Gasteiger partial charge in [-0.05, 0) is 5.56 Å². The third-order valence-electron chi connectivity index (χ3n) is 4.46. The van der Waals surface area contributed by atoms with Gasteiger partial charge >= 0.3 is 17.9 Å². The van der Waals surface area contributed by atoms with Crippen molar-refractivity contribution in [1.29, 1.82) is 0 Å². The second-order valence-electron chi connectivity index (χ2n) is 7.20. The van der Waals surface area contributed by atoms with Crippen molar-refractivity contribution in [2.24, 2.45) is 5.73 Å². The largest absolute Gasteiger partial charge is 0.481 e. The van der Waals surface area contributed by atoms with Gasteiger partial charge in [0, 0.05) is 12.2 Å². The topological polar surface area (TPSA) is 225 Å². The third-order valence-corrected chi connectivity index (χ3v) is 4.82. The minimum atomic E-state index is -1.74. The molecule has 13 nitrogen and oxygen atoms in total. The van der Waals surface area contributed by atoms with Gasteiger partial charge in [0.15, 0.2) is 0 Å². The van der Waals surface area contributed by atoms with Gasteiger partial charge in [0.1, 0.15) is 18.1 Å². The summed E-state index contributed by atoms with van der Waals surface area (Å²) in [5.41, 5.74) is 6.19. The molecule has 0 radical (unpaired) electrons. The Hall–Kier alpha value is -3.65. The predicted molar refractivity (Wildman–Crippen MR) is 120 cm³/mol. The first-order chi connectivity index (χ1) is 15.9. The van der Waals surface area contributed by atoms with Crippen molar-refractivity contribution >= 4 is 48.3 Å². The molecular weight excluding hydrogens is 472 g/mol. The molecule has 0 saturated carbocycles. The summed E-state index contributed by atoms with van der Waals surface area (Å²) >= 11 is 3.97. The van der Waals surface area contributed by atoms with Gasteiger partial charge < -0.3 is 37.0 Å². The van der Waals surface area contributed by atoms with E-state index in [4.69, 9.17) is 21.1 Å². The number of rotatable bonds is 14. The van der Waals surface area contributed by atoms with Gasteiger partial charge in [-0.25, -0.2) is 4.79 Å². The lowest BCUT2D eigenvalue weighted by Crippen LogP contribution is -2.58. The van der Waals surface area contributed by atoms with Crippen LogP contribution >= 0.6 is 12.6 Å². The van der Waals surface area contributed by atoms with Crippen molar-refractivity contribution < 1.29 is 44.1 Å². The van der Waals surface area contributed by atoms with Crippen LogP contribution in [0, 0.1) is 0 Å². The Bertz CT molecular complexity index is 913. The van der Waals surface area contributed by atoms with Crippen LogP contribution in [0.2, 0.25) is 0 Å². The standard InChI is InChI=1S/C20H26N4O9S/c21-11(7-15(25)26)17(29)22-12(6-10-4-2-1-3-5-10)18(30)24-14(9-34)19(31)23-13(20(32)33)8-16(27)28/h1-5,11-14,34H,6-9,21H2,(H,22,29)(H,23,31)(H,24,30)(H,25,26)(H,27,28)(H,32,33). The fourth-order valence-corrected chi connectivity index (χ4v) is 2.99. The van der Waals surface area contributed by atoms with E-state index in [9.17, 15) is 28.8 Å². The van der Waals surface area contributed by atoms with Crippen LogP contribution in [0.15, 0.2) is 30.3 Å². The molecule has 0 fully saturated rings. The van der Waals surface area contributed by atoms with Crippen molar-refractivity contribution in [3.63, 3.8) is 0 Å². The van der Waals surface area contributed by atoms with Crippen LogP contribution in [0.4, 0.5) is 0 Å². The van der Waals surface area contributed by atoms with Gasteiger partial charge in [-0.2, -0.15) is 12.6 Å². The predicted octanol–water partition coefficient (Wildman–Crippen LogP) is -2.03. The summed E-state index contributed by atoms with van der Waals surface area (Å²) in [6.45, 7) is 0. The molecule has 1 rings (SSSR count). The summed E-state index contributed by atoms with van der Waals surface area (Å²) in [7, 11) is 0. The van der Waals surface area contributed by atoms with Crippen molar-refractivity contribution in [3.8, 4) is 0 Å². The smallest absolute Gasteiger partial charge is 0.326 e. The van der Waals surface area contributed by atoms with E-state index in [1.54, 1.807) is 30.3 Å². The Kier molecular flexibility index (Phi) is 11.5. The Morgan fingerprint density at radius 2 is 1.26 bits per heavy atom. The highest BCUT2D eigenvalue weighted by atomic mass is 32.1. The molecular formula is C20H26N4O9S. The zero-order chi connectivity index (χ0) is 25.8. The summed E-state index contributed by atoms with van der Waals surface area (Å²) in [5.74, 6) is -7.38. The van der Waals surface area contributed by atoms with Gasteiger partial charge in [0.05, 0.1) is 18.9 Å². The van der Waals surface area contributed by atoms with E-state index in [1.807, 2.05) is 5.32 Å². The lowest BCUT2D eigenvalue weighted by atomic mass is 10.0. The molecule has 0 aromatic heterocycles. The minimum Gasteiger partial charge on any atom is -0.481 e. The SMILES string of the molecule is NC(CC(=O)O)C(=O)NC(Cc1ccccc1)C(=O)NC(CS)C(=O)NC(CC(=O)O)C(=O)O. The van der Waals surface area contributed by atoms with Crippen LogP contribution < -0.4 is 21.7 Å². The maximum Gasteiger partial charge on any atom is 0.326 e. The van der Waals surface area contributed by atoms with E-state index < -0.39 is 72.6 Å². The molecule has 1 aromatic rings. The van der Waals surface area contributed by atoms with Gasteiger partial charge in [-0.15, -0.1) is 0 Å². The van der Waals surface area contributed by atoms with E-state index >= 15 is 0 Å². The maximum atomic E-state index is 12.9. The molecule has 0 aliphatic carbocycles. The minimum absolute atomic E-state index is 0.0319. The molecule has 186 valence electrons. The number of nitrogens with one attached hydrogen (secondary N) is 3. The second kappa shape index (κ2) is 13.8. The van der Waals surface area contributed by atoms with Crippen LogP contribution in [0.25, 0.3) is 0 Å². The van der Waals surface area contributed by atoms with E-state index in [0.717, 1.165) is 0 Å². The summed E-state index contributed by atoms with van der Waals surface area (Å²) in [5, 5.41) is 33.4. The fraction of sp³-hybridized carbons (Fsp3) is 0.400. The van der Waals surface area contributed by atoms with Crippen LogP contribution in [0.5, 0.6) is 0 Å². The Morgan fingerprint density at radius 1 is 0.765 bits per heavy atom. The molecule has 0 aliphatic rings. The monoisotopic (exact) mass is 498 g/mol. The van der Waals surface area contributed by atoms with Crippen molar-refractivity contribution in [2.75, 3.05) is 5.75 Å². The highest BCUT2D eigenvalue weighted by molar-refractivity contribution is 7.80. The Labute approximate surface area is 199 Å². The zero-order valence-electron chi connectivity index (χ0n) is 17.8. The lowest BCUT2D eigenvalue weighted by Gasteiger charge is -2.24. The van der Waals surface area contributed by atoms with Gasteiger partial charge in [0.2, 0.25) is 17.7 Å². The highest BCUT2D eigenvalue weighted by Crippen LogP contribution is 2.06. The molecule has 0 heterocycles. The summed E-state index contributed by atoms with van der Waals surface area (Å²) in [4.78, 5) is 70.4. The molecule has 1 aromatic carbocycles. The van der Waals surface area contributed by atoms with Gasteiger partial charge in [-0.1, -0.05) is 30.3 Å². The van der Waals surface area contributed by atoms with Gasteiger partial charge in [0.25, 0.3) is 0 Å². The quantitative estimate of drug-likeness (QED) is 0.131. The molecule has 0 saturated heterocycles. The summed E-state index contributed by atoms with van der Waals surface area (Å²) < 4.78 is 0. The number of carboxylic acid groups (broad SMARTS) is 3. The number of aliphatic carboxylic acids is 3. The van der Waals surface area contributed by atoms with Crippen LogP contribution in [0.1, 0.15) is 18.4 Å². The first kappa shape index (κ1) is 28.4. The van der Waals surface area contributed by atoms with E-state index in [2.05, 4.69) is 23.3 Å². The average molecular weight is 499 g/mol. The number of carboxylic acids is 3. The molecule has 0 aliphatic heterocycles. The van der Waals surface area contributed by atoms with Gasteiger partial charge in [-0.3, -0.25) is 24.0 Å². The zero-order valence-corrected chi connectivity index (χ0v) is 18.7. The van der Waals surface area contributed by atoms with Crippen molar-refractivity contribution in [3.05, 3.63) is 35.9 Å². The third kappa shape index (κ3) is 9.87. The molecule has 3 amide bonds. The number of carbonyl (C=O) groups is 6. The number of nitrogens with two attached hydrogens (primary N) is 1. The van der Waals surface area contributed by atoms with E-state index in [-0.39, 0.29) is 12.2 Å². The molecule has 8 N–H and O–H groups in total. The van der Waals surface area contributed by atoms with E-state index in [1.165, 1.54) is 0 Å². The van der Waals surface area contributed by atoms with Crippen molar-refractivity contribution in [2.45, 2.75) is 43.4 Å². The molecule has 0 spiro atoms. The number of hydrogen-bond donors (Lipinski definition) is 8. The van der Waals surface area contributed by atoms with Crippen LogP contribution in [-0.4, -0.2) is 80.9 Å². The summed E-state index contributed by atoms with van der Waals surface area (Å²) in [6.07, 6.45) is -1.59. The van der Waals surface area contributed by atoms with E-state index in [0.29, 0.717) is 5.56 Å². The fourth-order valence-electron chi connectivity index (χ4n) is 2.73. The highest BCUT2D eigenvalue weighted by Gasteiger charge is 2.31. The molecule has 14 heteroatoms. The number of benzene rings is 1. The molecule has 4 atom stereocenters. The number of thiol groups is 1. The molecule has 0 bridgehead atoms. The first-order valence-corrected chi connectivity index (χ1v) is 10.6. The van der Waals surface area contributed by atoms with Crippen LogP contribution in [0.3, 0.4) is 0 Å². The second-order valence-corrected chi connectivity index (χ2v) is 7.56. The summed E-state index contributed by atoms with van der Waals surface area (Å²) in [6, 6.07) is 2.68. The first-order valence-electron chi connectivity index (χ1n) is 9.92. The maximum absolute atomic E-state index is 12.9. The van der Waals surface area contributed by atoms with Crippen molar-refractivity contribution in [1.82, 2.24) is 16.0 Å². The lowest BCUT2D eigenvalue weighted by molar-refractivity contribution is -0.147. The number of amides is 3.